The topological polar surface area (TPSA) is 31.4 Å². The summed E-state index contributed by atoms with van der Waals surface area (Å²) >= 11 is 3.36. The molecular formula is C12H16BrNO2. The number of aromatic nitrogens is 1. The van der Waals surface area contributed by atoms with E-state index >= 15 is 0 Å². The van der Waals surface area contributed by atoms with Gasteiger partial charge < -0.3 is 9.47 Å². The highest BCUT2D eigenvalue weighted by Gasteiger charge is 2.22. The molecule has 2 unspecified atom stereocenters. The van der Waals surface area contributed by atoms with Gasteiger partial charge in [0.05, 0.1) is 24.1 Å². The molecule has 0 N–H and O–H groups in total. The number of alkyl halides is 1. The number of halogens is 1. The summed E-state index contributed by atoms with van der Waals surface area (Å²) in [6.45, 7) is 2.73. The fourth-order valence-corrected chi connectivity index (χ4v) is 2.10. The van der Waals surface area contributed by atoms with E-state index in [0.717, 1.165) is 29.6 Å². The molecule has 16 heavy (non-hydrogen) atoms. The van der Waals surface area contributed by atoms with Crippen LogP contribution >= 0.6 is 15.9 Å². The first-order valence-corrected chi connectivity index (χ1v) is 6.69. The summed E-state index contributed by atoms with van der Waals surface area (Å²) in [6.07, 6.45) is 4.60. The summed E-state index contributed by atoms with van der Waals surface area (Å²) in [5.74, 6) is 0.813. The Morgan fingerprint density at radius 3 is 2.94 bits per heavy atom. The normalized spacial score (nSPS) is 24.6. The van der Waals surface area contributed by atoms with Crippen LogP contribution in [-0.4, -0.2) is 23.8 Å². The fraction of sp³-hybridized carbons (Fsp3) is 0.583. The van der Waals surface area contributed by atoms with Gasteiger partial charge in [0.1, 0.15) is 12.4 Å². The lowest BCUT2D eigenvalue weighted by Crippen LogP contribution is -2.17. The summed E-state index contributed by atoms with van der Waals surface area (Å²) in [5, 5.41) is 0.774. The molecule has 1 aliphatic rings. The first-order chi connectivity index (χ1) is 7.78. The Morgan fingerprint density at radius 1 is 1.50 bits per heavy atom. The van der Waals surface area contributed by atoms with Gasteiger partial charge in [-0.2, -0.15) is 0 Å². The molecule has 0 spiro atoms. The molecule has 0 bridgehead atoms. The van der Waals surface area contributed by atoms with Crippen LogP contribution in [0, 0.1) is 0 Å². The van der Waals surface area contributed by atoms with Gasteiger partial charge in [0.15, 0.2) is 0 Å². The van der Waals surface area contributed by atoms with Crippen molar-refractivity contribution < 1.29 is 9.47 Å². The van der Waals surface area contributed by atoms with Gasteiger partial charge in [-0.15, -0.1) is 0 Å². The molecule has 0 radical (unpaired) electrons. The predicted molar refractivity (Wildman–Crippen MR) is 65.9 cm³/mol. The molecule has 2 rings (SSSR count). The highest BCUT2D eigenvalue weighted by molar-refractivity contribution is 9.08. The van der Waals surface area contributed by atoms with Crippen LogP contribution in [0.3, 0.4) is 0 Å². The second kappa shape index (κ2) is 5.64. The van der Waals surface area contributed by atoms with Crippen molar-refractivity contribution in [2.75, 3.05) is 6.61 Å². The first kappa shape index (κ1) is 11.9. The van der Waals surface area contributed by atoms with E-state index in [1.54, 1.807) is 6.20 Å². The van der Waals surface area contributed by atoms with Gasteiger partial charge in [0, 0.05) is 5.33 Å². The molecule has 1 fully saturated rings. The zero-order valence-electron chi connectivity index (χ0n) is 9.36. The molecule has 1 saturated heterocycles. The molecule has 1 aliphatic heterocycles. The quantitative estimate of drug-likeness (QED) is 0.797. The summed E-state index contributed by atoms with van der Waals surface area (Å²) in [4.78, 5) is 4.24. The minimum absolute atomic E-state index is 0.242. The number of hydrogen-bond donors (Lipinski definition) is 0. The molecule has 88 valence electrons. The SMILES string of the molecule is CC1CCC(COc2ccc(CBr)nc2)O1. The minimum atomic E-state index is 0.242. The van der Waals surface area contributed by atoms with E-state index in [1.807, 2.05) is 12.1 Å². The fourth-order valence-electron chi connectivity index (χ4n) is 1.77. The van der Waals surface area contributed by atoms with Crippen LogP contribution in [-0.2, 0) is 10.1 Å². The lowest BCUT2D eigenvalue weighted by atomic mass is 10.2. The molecule has 0 aliphatic carbocycles. The Morgan fingerprint density at radius 2 is 2.38 bits per heavy atom. The van der Waals surface area contributed by atoms with E-state index in [9.17, 15) is 0 Å². The molecular weight excluding hydrogens is 270 g/mol. The lowest BCUT2D eigenvalue weighted by Gasteiger charge is -2.12. The Bertz CT molecular complexity index is 328. The number of rotatable bonds is 4. The first-order valence-electron chi connectivity index (χ1n) is 5.57. The van der Waals surface area contributed by atoms with E-state index < -0.39 is 0 Å². The van der Waals surface area contributed by atoms with Crippen LogP contribution in [0.4, 0.5) is 0 Å². The van der Waals surface area contributed by atoms with Gasteiger partial charge in [0.2, 0.25) is 0 Å². The molecule has 4 heteroatoms. The maximum Gasteiger partial charge on any atom is 0.137 e. The van der Waals surface area contributed by atoms with Crippen molar-refractivity contribution in [3.63, 3.8) is 0 Å². The summed E-state index contributed by atoms with van der Waals surface area (Å²) < 4.78 is 11.3. The third-order valence-electron chi connectivity index (χ3n) is 2.69. The Labute approximate surface area is 104 Å². The molecule has 0 saturated carbocycles. The van der Waals surface area contributed by atoms with Crippen LogP contribution < -0.4 is 4.74 Å². The summed E-state index contributed by atoms with van der Waals surface area (Å²) in [7, 11) is 0. The van der Waals surface area contributed by atoms with Crippen molar-refractivity contribution in [3.05, 3.63) is 24.0 Å². The van der Waals surface area contributed by atoms with Crippen LogP contribution in [0.25, 0.3) is 0 Å². The number of ether oxygens (including phenoxy) is 2. The Hall–Kier alpha value is -0.610. The Balaban J connectivity index is 1.80. The number of hydrogen-bond acceptors (Lipinski definition) is 3. The molecule has 2 atom stereocenters. The van der Waals surface area contributed by atoms with Crippen LogP contribution in [0.2, 0.25) is 0 Å². The highest BCUT2D eigenvalue weighted by Crippen LogP contribution is 2.20. The Kier molecular flexibility index (Phi) is 4.18. The third kappa shape index (κ3) is 3.19. The van der Waals surface area contributed by atoms with E-state index in [1.165, 1.54) is 0 Å². The largest absolute Gasteiger partial charge is 0.489 e. The predicted octanol–water partition coefficient (Wildman–Crippen LogP) is 2.92. The maximum atomic E-state index is 5.67. The van der Waals surface area contributed by atoms with Gasteiger partial charge >= 0.3 is 0 Å². The minimum Gasteiger partial charge on any atom is -0.489 e. The van der Waals surface area contributed by atoms with Gasteiger partial charge in [-0.25, -0.2) is 0 Å². The average molecular weight is 286 g/mol. The molecule has 2 heterocycles. The standard InChI is InChI=1S/C12H16BrNO2/c1-9-2-4-12(16-9)8-15-11-5-3-10(6-13)14-7-11/h3,5,7,9,12H,2,4,6,8H2,1H3. The van der Waals surface area contributed by atoms with Crippen LogP contribution in [0.1, 0.15) is 25.5 Å². The van der Waals surface area contributed by atoms with E-state index in [4.69, 9.17) is 9.47 Å². The van der Waals surface area contributed by atoms with Crippen molar-refractivity contribution in [2.24, 2.45) is 0 Å². The van der Waals surface area contributed by atoms with E-state index in [0.29, 0.717) is 12.7 Å². The number of nitrogens with zero attached hydrogens (tertiary/aromatic N) is 1. The van der Waals surface area contributed by atoms with Crippen molar-refractivity contribution >= 4 is 15.9 Å². The van der Waals surface area contributed by atoms with Gasteiger partial charge in [-0.1, -0.05) is 15.9 Å². The lowest BCUT2D eigenvalue weighted by molar-refractivity contribution is 0.0264. The molecule has 0 aromatic carbocycles. The van der Waals surface area contributed by atoms with Crippen LogP contribution in [0.15, 0.2) is 18.3 Å². The average Bonchev–Trinajstić information content (AvgIpc) is 2.73. The molecule has 1 aromatic heterocycles. The van der Waals surface area contributed by atoms with E-state index in [-0.39, 0.29) is 6.10 Å². The zero-order chi connectivity index (χ0) is 11.4. The molecule has 1 aromatic rings. The van der Waals surface area contributed by atoms with Crippen molar-refractivity contribution in [1.82, 2.24) is 4.98 Å². The highest BCUT2D eigenvalue weighted by atomic mass is 79.9. The zero-order valence-corrected chi connectivity index (χ0v) is 10.9. The summed E-state index contributed by atoms with van der Waals surface area (Å²) in [6, 6.07) is 3.91. The van der Waals surface area contributed by atoms with Gasteiger partial charge in [-0.3, -0.25) is 4.98 Å². The third-order valence-corrected chi connectivity index (χ3v) is 3.26. The van der Waals surface area contributed by atoms with E-state index in [2.05, 4.69) is 27.8 Å². The molecule has 0 amide bonds. The second-order valence-electron chi connectivity index (χ2n) is 4.08. The van der Waals surface area contributed by atoms with Gasteiger partial charge in [-0.05, 0) is 31.9 Å². The monoisotopic (exact) mass is 285 g/mol. The summed E-state index contributed by atoms with van der Waals surface area (Å²) in [5.41, 5.74) is 1.01. The molecule has 3 nitrogen and oxygen atoms in total. The second-order valence-corrected chi connectivity index (χ2v) is 4.64. The number of pyridine rings is 1. The van der Waals surface area contributed by atoms with Crippen molar-refractivity contribution in [2.45, 2.75) is 37.3 Å². The van der Waals surface area contributed by atoms with Crippen molar-refractivity contribution in [3.8, 4) is 5.75 Å². The van der Waals surface area contributed by atoms with Gasteiger partial charge in [0.25, 0.3) is 0 Å². The maximum absolute atomic E-state index is 5.67. The van der Waals surface area contributed by atoms with Crippen LogP contribution in [0.5, 0.6) is 5.75 Å². The smallest absolute Gasteiger partial charge is 0.137 e. The van der Waals surface area contributed by atoms with Crippen molar-refractivity contribution in [1.29, 1.82) is 0 Å².